The molecule has 1 saturated carbocycles. The quantitative estimate of drug-likeness (QED) is 0.343. The first-order valence-corrected chi connectivity index (χ1v) is 11.2. The highest BCUT2D eigenvalue weighted by molar-refractivity contribution is 9.10. The van der Waals surface area contributed by atoms with Crippen LogP contribution in [0.1, 0.15) is 31.7 Å². The molecule has 166 valence electrons. The van der Waals surface area contributed by atoms with Crippen molar-refractivity contribution in [3.05, 3.63) is 34.5 Å². The summed E-state index contributed by atoms with van der Waals surface area (Å²) in [6, 6.07) is 2.86. The number of hydrogen-bond acceptors (Lipinski definition) is 6. The SMILES string of the molecule is CC(=O)N[C@H]1C/C=C/COCc2ccc(Br)nc2NC(=O)[C@@H]2C[C@@]3(CNC1=O)C[C@H]3N2. The van der Waals surface area contributed by atoms with E-state index in [-0.39, 0.29) is 41.8 Å². The molecule has 1 saturated heterocycles. The van der Waals surface area contributed by atoms with Crippen molar-refractivity contribution in [1.29, 1.82) is 0 Å². The van der Waals surface area contributed by atoms with Crippen LogP contribution in [0.15, 0.2) is 28.9 Å². The molecule has 2 fully saturated rings. The molecule has 3 heterocycles. The van der Waals surface area contributed by atoms with E-state index in [1.807, 2.05) is 18.2 Å². The lowest BCUT2D eigenvalue weighted by Crippen LogP contribution is -2.47. The summed E-state index contributed by atoms with van der Waals surface area (Å²) in [6.07, 6.45) is 5.56. The molecular weight excluding hydrogens is 466 g/mol. The molecule has 3 aliphatic rings. The highest BCUT2D eigenvalue weighted by atomic mass is 79.9. The fourth-order valence-electron chi connectivity index (χ4n) is 4.25. The molecule has 1 aromatic rings. The Labute approximate surface area is 188 Å². The van der Waals surface area contributed by atoms with Crippen LogP contribution in [-0.4, -0.2) is 54.0 Å². The Morgan fingerprint density at radius 2 is 2.10 bits per heavy atom. The van der Waals surface area contributed by atoms with E-state index in [1.54, 1.807) is 6.07 Å². The number of nitrogens with zero attached hydrogens (tertiary/aromatic N) is 1. The Bertz CT molecular complexity index is 923. The van der Waals surface area contributed by atoms with Gasteiger partial charge in [-0.15, -0.1) is 0 Å². The number of pyridine rings is 1. The van der Waals surface area contributed by atoms with E-state index in [0.29, 0.717) is 36.4 Å². The van der Waals surface area contributed by atoms with E-state index >= 15 is 0 Å². The third kappa shape index (κ3) is 5.13. The first-order chi connectivity index (χ1) is 14.9. The van der Waals surface area contributed by atoms with Gasteiger partial charge in [-0.2, -0.15) is 0 Å². The second kappa shape index (κ2) is 9.05. The van der Waals surface area contributed by atoms with E-state index in [9.17, 15) is 14.4 Å². The minimum absolute atomic E-state index is 0.126. The van der Waals surface area contributed by atoms with Crippen molar-refractivity contribution in [3.8, 4) is 0 Å². The maximum Gasteiger partial charge on any atom is 0.242 e. The molecule has 0 aromatic carbocycles. The molecule has 1 aromatic heterocycles. The van der Waals surface area contributed by atoms with E-state index in [0.717, 1.165) is 12.0 Å². The zero-order valence-electron chi connectivity index (χ0n) is 17.2. The molecule has 4 rings (SSSR count). The van der Waals surface area contributed by atoms with E-state index < -0.39 is 6.04 Å². The minimum atomic E-state index is -0.645. The Balaban J connectivity index is 1.53. The molecule has 9 nitrogen and oxygen atoms in total. The monoisotopic (exact) mass is 491 g/mol. The number of halogens is 1. The van der Waals surface area contributed by atoms with Crippen molar-refractivity contribution in [2.24, 2.45) is 5.41 Å². The van der Waals surface area contributed by atoms with E-state index in [2.05, 4.69) is 42.2 Å². The van der Waals surface area contributed by atoms with Crippen LogP contribution in [0.3, 0.4) is 0 Å². The number of carbonyl (C=O) groups is 3. The summed E-state index contributed by atoms with van der Waals surface area (Å²) in [5, 5.41) is 12.0. The summed E-state index contributed by atoms with van der Waals surface area (Å²) in [5.74, 6) is -0.152. The van der Waals surface area contributed by atoms with Crippen molar-refractivity contribution >= 4 is 39.5 Å². The summed E-state index contributed by atoms with van der Waals surface area (Å²) in [7, 11) is 0. The van der Waals surface area contributed by atoms with E-state index in [4.69, 9.17) is 4.74 Å². The molecule has 1 aliphatic carbocycles. The van der Waals surface area contributed by atoms with Crippen LogP contribution in [0, 0.1) is 5.41 Å². The number of amides is 3. The summed E-state index contributed by atoms with van der Waals surface area (Å²) in [5.41, 5.74) is 0.652. The van der Waals surface area contributed by atoms with Crippen LogP contribution in [0.25, 0.3) is 0 Å². The number of aromatic nitrogens is 1. The van der Waals surface area contributed by atoms with Gasteiger partial charge in [0.05, 0.1) is 19.3 Å². The predicted molar refractivity (Wildman–Crippen MR) is 117 cm³/mol. The maximum absolute atomic E-state index is 12.9. The Morgan fingerprint density at radius 3 is 2.90 bits per heavy atom. The lowest BCUT2D eigenvalue weighted by molar-refractivity contribution is -0.128. The summed E-state index contributed by atoms with van der Waals surface area (Å²) < 4.78 is 6.32. The largest absolute Gasteiger partial charge is 0.373 e. The average molecular weight is 492 g/mol. The standard InChI is InChI=1S/C21H26BrN5O4/c1-12(28)24-14-4-2-3-7-31-10-13-5-6-17(22)26-18(13)27-20(30)15-8-21(9-16(21)25-15)11-23-19(14)29/h2-3,5-6,14-16,25H,4,7-11H2,1H3,(H,23,29)(H,24,28)(H,26,27,30)/b3-2+/t14-,15-,16+,21-/m0/s1. The molecule has 1 spiro atoms. The summed E-state index contributed by atoms with van der Waals surface area (Å²) in [4.78, 5) is 41.5. The number of nitrogens with one attached hydrogen (secondary N) is 4. The Kier molecular flexibility index (Phi) is 6.40. The molecule has 0 radical (unpaired) electrons. The van der Waals surface area contributed by atoms with Gasteiger partial charge in [-0.1, -0.05) is 18.2 Å². The van der Waals surface area contributed by atoms with Crippen molar-refractivity contribution in [3.63, 3.8) is 0 Å². The predicted octanol–water partition coefficient (Wildman–Crippen LogP) is 1.00. The average Bonchev–Trinajstić information content (AvgIpc) is 3.27. The topological polar surface area (TPSA) is 121 Å². The van der Waals surface area contributed by atoms with Gasteiger partial charge < -0.3 is 26.0 Å². The Morgan fingerprint density at radius 1 is 1.26 bits per heavy atom. The summed E-state index contributed by atoms with van der Waals surface area (Å²) >= 11 is 3.35. The molecule has 31 heavy (non-hydrogen) atoms. The minimum Gasteiger partial charge on any atom is -0.373 e. The van der Waals surface area contributed by atoms with Gasteiger partial charge in [0.1, 0.15) is 16.5 Å². The van der Waals surface area contributed by atoms with Gasteiger partial charge >= 0.3 is 0 Å². The normalized spacial score (nSPS) is 32.0. The third-order valence-electron chi connectivity index (χ3n) is 6.02. The van der Waals surface area contributed by atoms with Crippen molar-refractivity contribution in [1.82, 2.24) is 20.9 Å². The van der Waals surface area contributed by atoms with Crippen LogP contribution >= 0.6 is 15.9 Å². The van der Waals surface area contributed by atoms with Crippen LogP contribution < -0.4 is 21.3 Å². The highest BCUT2D eigenvalue weighted by Gasteiger charge is 2.61. The maximum atomic E-state index is 12.9. The van der Waals surface area contributed by atoms with Gasteiger partial charge in [-0.05, 0) is 41.3 Å². The zero-order valence-corrected chi connectivity index (χ0v) is 18.8. The Hall–Kier alpha value is -2.30. The molecule has 4 atom stereocenters. The number of fused-ring (bicyclic) bond motifs is 2. The van der Waals surface area contributed by atoms with Crippen LogP contribution in [0.5, 0.6) is 0 Å². The fraction of sp³-hybridized carbons (Fsp3) is 0.524. The first kappa shape index (κ1) is 21.9. The second-order valence-electron chi connectivity index (χ2n) is 8.37. The molecule has 2 bridgehead atoms. The second-order valence-corrected chi connectivity index (χ2v) is 9.18. The number of carbonyl (C=O) groups excluding carboxylic acids is 3. The molecular formula is C21H26BrN5O4. The van der Waals surface area contributed by atoms with Gasteiger partial charge in [-0.25, -0.2) is 4.98 Å². The van der Waals surface area contributed by atoms with Crippen LogP contribution in [0.4, 0.5) is 5.82 Å². The van der Waals surface area contributed by atoms with Crippen molar-refractivity contribution < 1.29 is 19.1 Å². The smallest absolute Gasteiger partial charge is 0.242 e. The third-order valence-corrected chi connectivity index (χ3v) is 6.47. The number of piperidine rings is 1. The van der Waals surface area contributed by atoms with Gasteiger partial charge in [-0.3, -0.25) is 14.4 Å². The lowest BCUT2D eigenvalue weighted by Gasteiger charge is -2.20. The molecule has 4 N–H and O–H groups in total. The van der Waals surface area contributed by atoms with Gasteiger partial charge in [0, 0.05) is 30.5 Å². The number of rotatable bonds is 1. The van der Waals surface area contributed by atoms with Crippen LogP contribution in [-0.2, 0) is 25.7 Å². The first-order valence-electron chi connectivity index (χ1n) is 10.4. The summed E-state index contributed by atoms with van der Waals surface area (Å²) in [6.45, 7) is 2.47. The number of ether oxygens (including phenoxy) is 1. The van der Waals surface area contributed by atoms with Crippen molar-refractivity contribution in [2.45, 2.75) is 50.9 Å². The zero-order chi connectivity index (χ0) is 22.0. The lowest BCUT2D eigenvalue weighted by atomic mass is 9.99. The fourth-order valence-corrected chi connectivity index (χ4v) is 4.56. The molecule has 10 heteroatoms. The van der Waals surface area contributed by atoms with Crippen molar-refractivity contribution in [2.75, 3.05) is 18.5 Å². The van der Waals surface area contributed by atoms with Gasteiger partial charge in [0.15, 0.2) is 0 Å². The molecule has 3 amide bonds. The van der Waals surface area contributed by atoms with Gasteiger partial charge in [0.2, 0.25) is 17.7 Å². The molecule has 0 unspecified atom stereocenters. The van der Waals surface area contributed by atoms with E-state index in [1.165, 1.54) is 6.92 Å². The number of hydrogen-bond donors (Lipinski definition) is 4. The number of anilines is 1. The highest BCUT2D eigenvalue weighted by Crippen LogP contribution is 2.54. The molecule has 2 aliphatic heterocycles. The van der Waals surface area contributed by atoms with Gasteiger partial charge in [0.25, 0.3) is 0 Å². The van der Waals surface area contributed by atoms with Crippen LogP contribution in [0.2, 0.25) is 0 Å².